The van der Waals surface area contributed by atoms with Gasteiger partial charge in [0, 0.05) is 12.6 Å². The van der Waals surface area contributed by atoms with Gasteiger partial charge in [-0.2, -0.15) is 0 Å². The van der Waals surface area contributed by atoms with E-state index in [4.69, 9.17) is 5.11 Å². The maximum atomic E-state index is 11.1. The molecule has 0 saturated carbocycles. The SMILES string of the molecule is CCc1nc(C(=O)O)c2cc(C(C)C)ccn12. The Labute approximate surface area is 99.9 Å². The molecule has 90 valence electrons. The lowest BCUT2D eigenvalue weighted by Gasteiger charge is -2.06. The normalized spacial score (nSPS) is 11.3. The van der Waals surface area contributed by atoms with Crippen molar-refractivity contribution in [2.24, 2.45) is 0 Å². The first-order chi connectivity index (χ1) is 8.04. The van der Waals surface area contributed by atoms with Crippen LogP contribution >= 0.6 is 0 Å². The highest BCUT2D eigenvalue weighted by molar-refractivity contribution is 5.93. The van der Waals surface area contributed by atoms with Crippen LogP contribution in [0.15, 0.2) is 18.3 Å². The highest BCUT2D eigenvalue weighted by atomic mass is 16.4. The van der Waals surface area contributed by atoms with Gasteiger partial charge in [0.1, 0.15) is 5.82 Å². The summed E-state index contributed by atoms with van der Waals surface area (Å²) in [5.41, 5.74) is 1.95. The molecular weight excluding hydrogens is 216 g/mol. The van der Waals surface area contributed by atoms with Gasteiger partial charge in [-0.25, -0.2) is 9.78 Å². The van der Waals surface area contributed by atoms with Crippen LogP contribution in [0, 0.1) is 0 Å². The van der Waals surface area contributed by atoms with Crippen LogP contribution in [0.1, 0.15) is 48.6 Å². The van der Waals surface area contributed by atoms with E-state index in [0.717, 1.165) is 17.8 Å². The summed E-state index contributed by atoms with van der Waals surface area (Å²) >= 11 is 0. The van der Waals surface area contributed by atoms with Crippen LogP contribution in [-0.4, -0.2) is 20.5 Å². The molecule has 4 nitrogen and oxygen atoms in total. The standard InChI is InChI=1S/C13H16N2O2/c1-4-11-14-12(13(16)17)10-7-9(8(2)3)5-6-15(10)11/h5-8H,4H2,1-3H3,(H,16,17). The third-order valence-electron chi connectivity index (χ3n) is 2.93. The molecule has 0 aliphatic rings. The van der Waals surface area contributed by atoms with Crippen LogP contribution in [-0.2, 0) is 6.42 Å². The van der Waals surface area contributed by atoms with Crippen molar-refractivity contribution in [1.82, 2.24) is 9.38 Å². The number of aromatic nitrogens is 2. The fourth-order valence-electron chi connectivity index (χ4n) is 1.93. The highest BCUT2D eigenvalue weighted by Crippen LogP contribution is 2.20. The Hall–Kier alpha value is -1.84. The van der Waals surface area contributed by atoms with Gasteiger partial charge in [-0.3, -0.25) is 0 Å². The summed E-state index contributed by atoms with van der Waals surface area (Å²) in [6, 6.07) is 3.93. The minimum absolute atomic E-state index is 0.143. The molecule has 0 saturated heterocycles. The second kappa shape index (κ2) is 4.20. The number of nitrogens with zero attached hydrogens (tertiary/aromatic N) is 2. The average Bonchev–Trinajstić information content (AvgIpc) is 2.66. The van der Waals surface area contributed by atoms with Gasteiger partial charge in [-0.05, 0) is 23.6 Å². The van der Waals surface area contributed by atoms with Crippen LogP contribution in [0.4, 0.5) is 0 Å². The van der Waals surface area contributed by atoms with Crippen LogP contribution in [0.3, 0.4) is 0 Å². The van der Waals surface area contributed by atoms with Crippen LogP contribution in [0.5, 0.6) is 0 Å². The Bertz CT molecular complexity index is 570. The zero-order valence-electron chi connectivity index (χ0n) is 10.3. The number of carboxylic acids is 1. The molecule has 0 aliphatic carbocycles. The van der Waals surface area contributed by atoms with E-state index in [1.807, 2.05) is 29.7 Å². The van der Waals surface area contributed by atoms with Crippen LogP contribution < -0.4 is 0 Å². The molecule has 4 heteroatoms. The maximum absolute atomic E-state index is 11.1. The largest absolute Gasteiger partial charge is 0.476 e. The first kappa shape index (κ1) is 11.6. The predicted octanol–water partition coefficient (Wildman–Crippen LogP) is 2.72. The van der Waals surface area contributed by atoms with Gasteiger partial charge in [0.05, 0.1) is 5.52 Å². The van der Waals surface area contributed by atoms with E-state index >= 15 is 0 Å². The zero-order chi connectivity index (χ0) is 12.6. The molecule has 0 aliphatic heterocycles. The lowest BCUT2D eigenvalue weighted by Crippen LogP contribution is -1.98. The highest BCUT2D eigenvalue weighted by Gasteiger charge is 2.16. The minimum atomic E-state index is -0.969. The van der Waals surface area contributed by atoms with Gasteiger partial charge in [-0.15, -0.1) is 0 Å². The summed E-state index contributed by atoms with van der Waals surface area (Å²) in [7, 11) is 0. The minimum Gasteiger partial charge on any atom is -0.476 e. The summed E-state index contributed by atoms with van der Waals surface area (Å²) < 4.78 is 1.86. The van der Waals surface area contributed by atoms with Gasteiger partial charge in [0.15, 0.2) is 5.69 Å². The number of aromatic carboxylic acids is 1. The topological polar surface area (TPSA) is 54.6 Å². The Kier molecular flexibility index (Phi) is 2.88. The van der Waals surface area contributed by atoms with Crippen LogP contribution in [0.2, 0.25) is 0 Å². The number of aryl methyl sites for hydroxylation is 1. The van der Waals surface area contributed by atoms with Crippen molar-refractivity contribution in [3.05, 3.63) is 35.4 Å². The van der Waals surface area contributed by atoms with Gasteiger partial charge in [0.2, 0.25) is 0 Å². The summed E-state index contributed by atoms with van der Waals surface area (Å²) in [5.74, 6) is 0.192. The molecule has 0 atom stereocenters. The number of imidazole rings is 1. The Morgan fingerprint density at radius 2 is 2.24 bits per heavy atom. The Morgan fingerprint density at radius 1 is 1.53 bits per heavy atom. The second-order valence-corrected chi connectivity index (χ2v) is 4.41. The van der Waals surface area contributed by atoms with E-state index in [-0.39, 0.29) is 5.69 Å². The molecule has 1 N–H and O–H groups in total. The fourth-order valence-corrected chi connectivity index (χ4v) is 1.93. The summed E-state index contributed by atoms with van der Waals surface area (Å²) in [5, 5.41) is 9.15. The molecule has 0 spiro atoms. The first-order valence-electron chi connectivity index (χ1n) is 5.78. The lowest BCUT2D eigenvalue weighted by atomic mass is 10.0. The second-order valence-electron chi connectivity index (χ2n) is 4.41. The first-order valence-corrected chi connectivity index (χ1v) is 5.78. The molecule has 0 fully saturated rings. The van der Waals surface area contributed by atoms with E-state index in [1.54, 1.807) is 0 Å². The van der Waals surface area contributed by atoms with Crippen molar-refractivity contribution in [2.75, 3.05) is 0 Å². The fraction of sp³-hybridized carbons (Fsp3) is 0.385. The number of pyridine rings is 1. The third kappa shape index (κ3) is 1.90. The van der Waals surface area contributed by atoms with Gasteiger partial charge in [-0.1, -0.05) is 20.8 Å². The molecule has 17 heavy (non-hydrogen) atoms. The van der Waals surface area contributed by atoms with Gasteiger partial charge < -0.3 is 9.51 Å². The monoisotopic (exact) mass is 232 g/mol. The number of hydrogen-bond acceptors (Lipinski definition) is 2. The molecular formula is C13H16N2O2. The lowest BCUT2D eigenvalue weighted by molar-refractivity contribution is 0.0693. The summed E-state index contributed by atoms with van der Waals surface area (Å²) in [6.45, 7) is 6.14. The van der Waals surface area contributed by atoms with Gasteiger partial charge in [0.25, 0.3) is 0 Å². The molecule has 0 radical (unpaired) electrons. The number of rotatable bonds is 3. The number of hydrogen-bond donors (Lipinski definition) is 1. The Balaban J connectivity index is 2.73. The maximum Gasteiger partial charge on any atom is 0.356 e. The van der Waals surface area contributed by atoms with E-state index in [2.05, 4.69) is 18.8 Å². The molecule has 0 aromatic carbocycles. The number of fused-ring (bicyclic) bond motifs is 1. The molecule has 0 amide bonds. The molecule has 2 aromatic rings. The molecule has 2 heterocycles. The van der Waals surface area contributed by atoms with Crippen molar-refractivity contribution in [3.8, 4) is 0 Å². The van der Waals surface area contributed by atoms with Crippen molar-refractivity contribution in [1.29, 1.82) is 0 Å². The van der Waals surface area contributed by atoms with E-state index in [1.165, 1.54) is 0 Å². The van der Waals surface area contributed by atoms with E-state index in [0.29, 0.717) is 11.4 Å². The zero-order valence-corrected chi connectivity index (χ0v) is 10.3. The smallest absolute Gasteiger partial charge is 0.356 e. The average molecular weight is 232 g/mol. The molecule has 0 unspecified atom stereocenters. The third-order valence-corrected chi connectivity index (χ3v) is 2.93. The summed E-state index contributed by atoms with van der Waals surface area (Å²) in [4.78, 5) is 15.3. The molecule has 2 aromatic heterocycles. The summed E-state index contributed by atoms with van der Waals surface area (Å²) in [6.07, 6.45) is 2.62. The van der Waals surface area contributed by atoms with Gasteiger partial charge >= 0.3 is 5.97 Å². The van der Waals surface area contributed by atoms with Crippen molar-refractivity contribution in [2.45, 2.75) is 33.1 Å². The van der Waals surface area contributed by atoms with Crippen molar-refractivity contribution in [3.63, 3.8) is 0 Å². The quantitative estimate of drug-likeness (QED) is 0.885. The van der Waals surface area contributed by atoms with Crippen molar-refractivity contribution >= 4 is 11.5 Å². The van der Waals surface area contributed by atoms with Crippen molar-refractivity contribution < 1.29 is 9.90 Å². The predicted molar refractivity (Wildman–Crippen MR) is 65.6 cm³/mol. The molecule has 2 rings (SSSR count). The Morgan fingerprint density at radius 3 is 2.76 bits per heavy atom. The molecule has 0 bridgehead atoms. The number of carbonyl (C=O) groups is 1. The number of carboxylic acid groups (broad SMARTS) is 1. The van der Waals surface area contributed by atoms with E-state index < -0.39 is 5.97 Å². The van der Waals surface area contributed by atoms with E-state index in [9.17, 15) is 4.79 Å². The van der Waals surface area contributed by atoms with Crippen LogP contribution in [0.25, 0.3) is 5.52 Å².